The van der Waals surface area contributed by atoms with Crippen LogP contribution in [0.1, 0.15) is 25.0 Å². The molecule has 5 rings (SSSR count). The van der Waals surface area contributed by atoms with Crippen molar-refractivity contribution in [3.05, 3.63) is 75.7 Å². The molecular weight excluding hydrogens is 430 g/mol. The van der Waals surface area contributed by atoms with E-state index in [0.717, 1.165) is 18.4 Å². The van der Waals surface area contributed by atoms with E-state index in [9.17, 15) is 9.59 Å². The normalized spacial score (nSPS) is 13.3. The number of hydrogen-bond acceptors (Lipinski definition) is 5. The maximum atomic E-state index is 12.5. The first-order valence-electron chi connectivity index (χ1n) is 10.3. The van der Waals surface area contributed by atoms with Gasteiger partial charge in [0.2, 0.25) is 11.7 Å². The fourth-order valence-corrected chi connectivity index (χ4v) is 3.61. The SMILES string of the molecule is O=C(CC1CC1)Nc1c(Cl)cccc1OCc1cc(=O)n2nc(-c3ccccc3)nc2[nH]1. The van der Waals surface area contributed by atoms with E-state index in [1.807, 2.05) is 30.3 Å². The molecule has 1 aliphatic carbocycles. The maximum Gasteiger partial charge on any atom is 0.276 e. The number of nitrogens with one attached hydrogen (secondary N) is 2. The number of hydrogen-bond donors (Lipinski definition) is 2. The molecule has 8 nitrogen and oxygen atoms in total. The molecule has 1 saturated carbocycles. The van der Waals surface area contributed by atoms with Crippen LogP contribution in [0.5, 0.6) is 5.75 Å². The number of para-hydroxylation sites is 1. The second-order valence-electron chi connectivity index (χ2n) is 7.77. The van der Waals surface area contributed by atoms with Gasteiger partial charge in [0.25, 0.3) is 5.56 Å². The molecule has 0 saturated heterocycles. The van der Waals surface area contributed by atoms with Crippen LogP contribution in [0.4, 0.5) is 5.69 Å². The number of anilines is 1. The number of halogens is 1. The fourth-order valence-electron chi connectivity index (χ4n) is 3.40. The van der Waals surface area contributed by atoms with E-state index in [1.165, 1.54) is 10.6 Å². The minimum atomic E-state index is -0.323. The lowest BCUT2D eigenvalue weighted by Gasteiger charge is -2.14. The van der Waals surface area contributed by atoms with Gasteiger partial charge in [-0.15, -0.1) is 5.10 Å². The number of aromatic nitrogens is 4. The standard InChI is InChI=1S/C23H20ClN5O3/c24-17-7-4-8-18(21(17)26-19(30)11-14-9-10-14)32-13-16-12-20(31)29-23(25-16)27-22(28-29)15-5-2-1-3-6-15/h1-8,12,14H,9-11,13H2,(H,26,30)(H,25,27,28). The minimum absolute atomic E-state index is 0.0606. The fraction of sp³-hybridized carbons (Fsp3) is 0.217. The van der Waals surface area contributed by atoms with Gasteiger partial charge in [-0.25, -0.2) is 0 Å². The minimum Gasteiger partial charge on any atom is -0.485 e. The summed E-state index contributed by atoms with van der Waals surface area (Å²) >= 11 is 6.30. The molecule has 2 aromatic carbocycles. The number of ether oxygens (including phenoxy) is 1. The van der Waals surface area contributed by atoms with E-state index in [2.05, 4.69) is 20.4 Å². The van der Waals surface area contributed by atoms with Crippen LogP contribution < -0.4 is 15.6 Å². The van der Waals surface area contributed by atoms with Crippen molar-refractivity contribution in [2.45, 2.75) is 25.9 Å². The number of carbonyl (C=O) groups is 1. The highest BCUT2D eigenvalue weighted by molar-refractivity contribution is 6.34. The van der Waals surface area contributed by atoms with Crippen molar-refractivity contribution in [1.82, 2.24) is 19.6 Å². The highest BCUT2D eigenvalue weighted by atomic mass is 35.5. The molecule has 32 heavy (non-hydrogen) atoms. The van der Waals surface area contributed by atoms with Crippen LogP contribution in [0.15, 0.2) is 59.4 Å². The first-order valence-corrected chi connectivity index (χ1v) is 10.7. The quantitative estimate of drug-likeness (QED) is 0.443. The van der Waals surface area contributed by atoms with Gasteiger partial charge in [0.15, 0.2) is 5.82 Å². The van der Waals surface area contributed by atoms with Gasteiger partial charge < -0.3 is 15.0 Å². The molecule has 162 valence electrons. The third-order valence-corrected chi connectivity index (χ3v) is 5.53. The lowest BCUT2D eigenvalue weighted by molar-refractivity contribution is -0.116. The average molecular weight is 450 g/mol. The van der Waals surface area contributed by atoms with E-state index in [1.54, 1.807) is 18.2 Å². The summed E-state index contributed by atoms with van der Waals surface area (Å²) in [6.45, 7) is 0.0606. The van der Waals surface area contributed by atoms with Gasteiger partial charge in [-0.3, -0.25) is 9.59 Å². The lowest BCUT2D eigenvalue weighted by Crippen LogP contribution is -2.17. The summed E-state index contributed by atoms with van der Waals surface area (Å²) < 4.78 is 7.11. The third-order valence-electron chi connectivity index (χ3n) is 5.21. The summed E-state index contributed by atoms with van der Waals surface area (Å²) in [5.41, 5.74) is 1.44. The van der Waals surface area contributed by atoms with Crippen molar-refractivity contribution in [3.8, 4) is 17.1 Å². The Morgan fingerprint density at radius 1 is 1.19 bits per heavy atom. The molecule has 0 bridgehead atoms. The Morgan fingerprint density at radius 2 is 2.00 bits per heavy atom. The Kier molecular flexibility index (Phi) is 5.36. The van der Waals surface area contributed by atoms with Crippen molar-refractivity contribution in [2.24, 2.45) is 5.92 Å². The van der Waals surface area contributed by atoms with E-state index < -0.39 is 0 Å². The van der Waals surface area contributed by atoms with Crippen LogP contribution in [0.3, 0.4) is 0 Å². The zero-order valence-corrected chi connectivity index (χ0v) is 17.8. The first-order chi connectivity index (χ1) is 15.6. The summed E-state index contributed by atoms with van der Waals surface area (Å²) in [6, 6.07) is 16.0. The Bertz CT molecular complexity index is 1350. The Labute approximate surface area is 188 Å². The predicted octanol–water partition coefficient (Wildman–Crippen LogP) is 4.06. The molecule has 2 N–H and O–H groups in total. The molecule has 0 spiro atoms. The number of rotatable bonds is 7. The largest absolute Gasteiger partial charge is 0.485 e. The number of aromatic amines is 1. The summed E-state index contributed by atoms with van der Waals surface area (Å²) in [5, 5.41) is 7.53. The number of H-pyrrole nitrogens is 1. The van der Waals surface area contributed by atoms with Crippen molar-refractivity contribution in [1.29, 1.82) is 0 Å². The van der Waals surface area contributed by atoms with Crippen molar-refractivity contribution < 1.29 is 9.53 Å². The molecule has 2 aromatic heterocycles. The van der Waals surface area contributed by atoms with Gasteiger partial charge in [0.1, 0.15) is 18.0 Å². The number of nitrogens with zero attached hydrogens (tertiary/aromatic N) is 3. The Balaban J connectivity index is 1.37. The molecule has 1 fully saturated rings. The molecule has 1 amide bonds. The number of carbonyl (C=O) groups excluding carboxylic acids is 1. The third kappa shape index (κ3) is 4.36. The van der Waals surface area contributed by atoms with E-state index in [4.69, 9.17) is 16.3 Å². The highest BCUT2D eigenvalue weighted by Crippen LogP contribution is 2.35. The Hall–Kier alpha value is -3.65. The second-order valence-corrected chi connectivity index (χ2v) is 8.17. The average Bonchev–Trinajstić information content (AvgIpc) is 3.49. The summed E-state index contributed by atoms with van der Waals surface area (Å²) in [5.74, 6) is 1.57. The van der Waals surface area contributed by atoms with Gasteiger partial charge in [-0.2, -0.15) is 9.50 Å². The van der Waals surface area contributed by atoms with E-state index in [-0.39, 0.29) is 18.1 Å². The van der Waals surface area contributed by atoms with Crippen molar-refractivity contribution >= 4 is 29.0 Å². The predicted molar refractivity (Wildman–Crippen MR) is 121 cm³/mol. The maximum absolute atomic E-state index is 12.5. The second kappa shape index (κ2) is 8.47. The van der Waals surface area contributed by atoms with E-state index in [0.29, 0.717) is 46.1 Å². The summed E-state index contributed by atoms with van der Waals surface area (Å²) in [7, 11) is 0. The Morgan fingerprint density at radius 3 is 2.78 bits per heavy atom. The smallest absolute Gasteiger partial charge is 0.276 e. The number of benzene rings is 2. The van der Waals surface area contributed by atoms with E-state index >= 15 is 0 Å². The lowest BCUT2D eigenvalue weighted by atomic mass is 10.2. The van der Waals surface area contributed by atoms with Crippen LogP contribution >= 0.6 is 11.6 Å². The molecular formula is C23H20ClN5O3. The molecule has 4 aromatic rings. The molecule has 0 radical (unpaired) electrons. The topological polar surface area (TPSA) is 101 Å². The van der Waals surface area contributed by atoms with Crippen LogP contribution in [0, 0.1) is 5.92 Å². The highest BCUT2D eigenvalue weighted by Gasteiger charge is 2.25. The zero-order chi connectivity index (χ0) is 22.1. The monoisotopic (exact) mass is 449 g/mol. The van der Waals surface area contributed by atoms with Crippen LogP contribution in [0.2, 0.25) is 5.02 Å². The van der Waals surface area contributed by atoms with Gasteiger partial charge in [-0.05, 0) is 30.9 Å². The van der Waals surface area contributed by atoms with Gasteiger partial charge in [0, 0.05) is 18.1 Å². The number of fused-ring (bicyclic) bond motifs is 1. The van der Waals surface area contributed by atoms with Gasteiger partial charge in [-0.1, -0.05) is 48.0 Å². The van der Waals surface area contributed by atoms with Crippen molar-refractivity contribution in [3.63, 3.8) is 0 Å². The first kappa shape index (κ1) is 20.3. The molecule has 0 unspecified atom stereocenters. The van der Waals surface area contributed by atoms with Gasteiger partial charge >= 0.3 is 0 Å². The van der Waals surface area contributed by atoms with Crippen LogP contribution in [-0.2, 0) is 11.4 Å². The molecule has 9 heteroatoms. The molecule has 1 aliphatic rings. The van der Waals surface area contributed by atoms with Crippen molar-refractivity contribution in [2.75, 3.05) is 5.32 Å². The summed E-state index contributed by atoms with van der Waals surface area (Å²) in [6.07, 6.45) is 2.65. The van der Waals surface area contributed by atoms with Crippen LogP contribution in [0.25, 0.3) is 17.2 Å². The molecule has 2 heterocycles. The zero-order valence-electron chi connectivity index (χ0n) is 17.0. The summed E-state index contributed by atoms with van der Waals surface area (Å²) in [4.78, 5) is 32.3. The number of amides is 1. The van der Waals surface area contributed by atoms with Gasteiger partial charge in [0.05, 0.1) is 10.7 Å². The molecule has 0 aliphatic heterocycles. The molecule has 0 atom stereocenters. The van der Waals surface area contributed by atoms with Crippen LogP contribution in [-0.4, -0.2) is 25.5 Å².